The summed E-state index contributed by atoms with van der Waals surface area (Å²) in [7, 11) is -3.59. The normalized spacial score (nSPS) is 15.7. The highest BCUT2D eigenvalue weighted by molar-refractivity contribution is 7.89. The Balaban J connectivity index is 1.71. The van der Waals surface area contributed by atoms with Gasteiger partial charge in [-0.1, -0.05) is 31.5 Å². The van der Waals surface area contributed by atoms with Crippen LogP contribution in [0.1, 0.15) is 29.3 Å². The average molecular weight is 390 g/mol. The van der Waals surface area contributed by atoms with Crippen molar-refractivity contribution in [1.29, 1.82) is 0 Å². The fraction of sp³-hybridized carbons (Fsp3) is 0.350. The van der Waals surface area contributed by atoms with Crippen LogP contribution in [0, 0.1) is 5.82 Å². The van der Waals surface area contributed by atoms with Crippen LogP contribution >= 0.6 is 0 Å². The number of piperazine rings is 1. The molecule has 0 atom stereocenters. The van der Waals surface area contributed by atoms with E-state index in [0.717, 1.165) is 12.0 Å². The van der Waals surface area contributed by atoms with E-state index in [1.165, 1.54) is 28.6 Å². The lowest BCUT2D eigenvalue weighted by Crippen LogP contribution is -2.50. The molecular weight excluding hydrogens is 367 g/mol. The van der Waals surface area contributed by atoms with Crippen LogP contribution < -0.4 is 0 Å². The summed E-state index contributed by atoms with van der Waals surface area (Å²) in [5.74, 6) is -0.605. The van der Waals surface area contributed by atoms with Gasteiger partial charge in [0.1, 0.15) is 5.82 Å². The van der Waals surface area contributed by atoms with Gasteiger partial charge in [-0.15, -0.1) is 0 Å². The molecule has 0 bridgehead atoms. The maximum atomic E-state index is 13.0. The number of amides is 1. The monoisotopic (exact) mass is 390 g/mol. The molecule has 3 rings (SSSR count). The van der Waals surface area contributed by atoms with Crippen LogP contribution in [0.5, 0.6) is 0 Å². The Labute approximate surface area is 159 Å². The summed E-state index contributed by atoms with van der Waals surface area (Å²) in [6.07, 6.45) is 1.57. The van der Waals surface area contributed by atoms with E-state index in [2.05, 4.69) is 0 Å². The van der Waals surface area contributed by atoms with Crippen molar-refractivity contribution in [3.63, 3.8) is 0 Å². The van der Waals surface area contributed by atoms with Gasteiger partial charge in [-0.05, 0) is 42.3 Å². The smallest absolute Gasteiger partial charge is 0.253 e. The van der Waals surface area contributed by atoms with Crippen LogP contribution in [0.4, 0.5) is 4.39 Å². The first-order valence-corrected chi connectivity index (χ1v) is 10.5. The lowest BCUT2D eigenvalue weighted by Gasteiger charge is -2.34. The molecule has 0 unspecified atom stereocenters. The van der Waals surface area contributed by atoms with E-state index >= 15 is 0 Å². The van der Waals surface area contributed by atoms with Gasteiger partial charge in [0.25, 0.3) is 5.91 Å². The molecule has 0 N–H and O–H groups in total. The van der Waals surface area contributed by atoms with Gasteiger partial charge in [-0.3, -0.25) is 4.79 Å². The number of nitrogens with zero attached hydrogens (tertiary/aromatic N) is 2. The molecule has 1 aliphatic heterocycles. The number of carbonyl (C=O) groups is 1. The number of halogens is 1. The molecule has 7 heteroatoms. The zero-order valence-electron chi connectivity index (χ0n) is 15.3. The largest absolute Gasteiger partial charge is 0.336 e. The third kappa shape index (κ3) is 4.20. The number of sulfonamides is 1. The minimum absolute atomic E-state index is 0.210. The second kappa shape index (κ2) is 8.19. The van der Waals surface area contributed by atoms with E-state index in [-0.39, 0.29) is 19.0 Å². The first kappa shape index (κ1) is 19.5. The van der Waals surface area contributed by atoms with Crippen LogP contribution in [0.15, 0.2) is 53.4 Å². The predicted octanol–water partition coefficient (Wildman–Crippen LogP) is 2.92. The Morgan fingerprint density at radius 2 is 1.63 bits per heavy atom. The fourth-order valence-corrected chi connectivity index (χ4v) is 4.95. The second-order valence-electron chi connectivity index (χ2n) is 6.56. The van der Waals surface area contributed by atoms with Gasteiger partial charge >= 0.3 is 0 Å². The minimum Gasteiger partial charge on any atom is -0.336 e. The van der Waals surface area contributed by atoms with Gasteiger partial charge in [-0.2, -0.15) is 4.31 Å². The number of hydrogen-bond acceptors (Lipinski definition) is 3. The molecule has 1 fully saturated rings. The molecule has 1 amide bonds. The lowest BCUT2D eigenvalue weighted by atomic mass is 10.1. The van der Waals surface area contributed by atoms with E-state index in [0.29, 0.717) is 30.0 Å². The molecule has 144 valence electrons. The van der Waals surface area contributed by atoms with Crippen molar-refractivity contribution in [3.05, 3.63) is 65.5 Å². The predicted molar refractivity (Wildman–Crippen MR) is 101 cm³/mol. The van der Waals surface area contributed by atoms with Crippen LogP contribution in [0.2, 0.25) is 0 Å². The van der Waals surface area contributed by atoms with Gasteiger partial charge in [0, 0.05) is 31.7 Å². The van der Waals surface area contributed by atoms with Crippen molar-refractivity contribution in [2.75, 3.05) is 26.2 Å². The minimum atomic E-state index is -3.59. The van der Waals surface area contributed by atoms with E-state index in [9.17, 15) is 17.6 Å². The Morgan fingerprint density at radius 1 is 1.00 bits per heavy atom. The molecule has 0 radical (unpaired) electrons. The summed E-state index contributed by atoms with van der Waals surface area (Å²) in [6.45, 7) is 3.13. The summed E-state index contributed by atoms with van der Waals surface area (Å²) in [5, 5.41) is 0. The molecule has 5 nitrogen and oxygen atoms in total. The molecule has 0 aromatic heterocycles. The van der Waals surface area contributed by atoms with E-state index in [4.69, 9.17) is 0 Å². The standard InChI is InChI=1S/C20H23FN2O3S/c1-2-5-16-6-3-4-7-19(16)27(25,26)23-14-12-22(13-15-23)20(24)17-8-10-18(21)11-9-17/h3-4,6-11H,2,5,12-15H2,1H3. The molecule has 2 aromatic carbocycles. The first-order valence-electron chi connectivity index (χ1n) is 9.06. The van der Waals surface area contributed by atoms with Crippen molar-refractivity contribution < 1.29 is 17.6 Å². The third-order valence-corrected chi connectivity index (χ3v) is 6.73. The van der Waals surface area contributed by atoms with E-state index in [1.807, 2.05) is 19.1 Å². The Morgan fingerprint density at radius 3 is 2.26 bits per heavy atom. The summed E-state index contributed by atoms with van der Waals surface area (Å²) in [5.41, 5.74) is 1.23. The van der Waals surface area contributed by atoms with Crippen molar-refractivity contribution in [3.8, 4) is 0 Å². The summed E-state index contributed by atoms with van der Waals surface area (Å²) < 4.78 is 40.6. The van der Waals surface area contributed by atoms with Gasteiger partial charge in [0.2, 0.25) is 10.0 Å². The summed E-state index contributed by atoms with van der Waals surface area (Å²) >= 11 is 0. The van der Waals surface area contributed by atoms with E-state index in [1.54, 1.807) is 17.0 Å². The molecule has 0 spiro atoms. The van der Waals surface area contributed by atoms with Crippen LogP contribution in [0.25, 0.3) is 0 Å². The summed E-state index contributed by atoms with van der Waals surface area (Å²) in [4.78, 5) is 14.5. The fourth-order valence-electron chi connectivity index (χ4n) is 3.28. The van der Waals surface area contributed by atoms with Gasteiger partial charge in [0.15, 0.2) is 0 Å². The quantitative estimate of drug-likeness (QED) is 0.789. The molecule has 1 saturated heterocycles. The van der Waals surface area contributed by atoms with Crippen LogP contribution in [-0.4, -0.2) is 49.7 Å². The molecule has 27 heavy (non-hydrogen) atoms. The average Bonchev–Trinajstić information content (AvgIpc) is 2.69. The number of hydrogen-bond donors (Lipinski definition) is 0. The van der Waals surface area contributed by atoms with Crippen molar-refractivity contribution in [2.45, 2.75) is 24.7 Å². The second-order valence-corrected chi connectivity index (χ2v) is 8.47. The van der Waals surface area contributed by atoms with Crippen LogP contribution in [-0.2, 0) is 16.4 Å². The number of benzene rings is 2. The van der Waals surface area contributed by atoms with Gasteiger partial charge in [0.05, 0.1) is 4.90 Å². The highest BCUT2D eigenvalue weighted by Gasteiger charge is 2.31. The SMILES string of the molecule is CCCc1ccccc1S(=O)(=O)N1CCN(C(=O)c2ccc(F)cc2)CC1. The molecule has 1 heterocycles. The number of aryl methyl sites for hydroxylation is 1. The zero-order valence-corrected chi connectivity index (χ0v) is 16.1. The Hall–Kier alpha value is -2.25. The first-order chi connectivity index (χ1) is 12.9. The number of carbonyl (C=O) groups excluding carboxylic acids is 1. The highest BCUT2D eigenvalue weighted by atomic mass is 32.2. The molecule has 1 aliphatic rings. The topological polar surface area (TPSA) is 57.7 Å². The maximum absolute atomic E-state index is 13.0. The molecular formula is C20H23FN2O3S. The van der Waals surface area contributed by atoms with E-state index < -0.39 is 15.8 Å². The Kier molecular flexibility index (Phi) is 5.92. The lowest BCUT2D eigenvalue weighted by molar-refractivity contribution is 0.0698. The maximum Gasteiger partial charge on any atom is 0.253 e. The molecule has 2 aromatic rings. The zero-order chi connectivity index (χ0) is 19.4. The van der Waals surface area contributed by atoms with Crippen molar-refractivity contribution in [2.24, 2.45) is 0 Å². The van der Waals surface area contributed by atoms with Crippen molar-refractivity contribution in [1.82, 2.24) is 9.21 Å². The van der Waals surface area contributed by atoms with Gasteiger partial charge in [-0.25, -0.2) is 12.8 Å². The summed E-state index contributed by atoms with van der Waals surface area (Å²) in [6, 6.07) is 12.5. The van der Waals surface area contributed by atoms with Gasteiger partial charge < -0.3 is 4.90 Å². The highest BCUT2D eigenvalue weighted by Crippen LogP contribution is 2.23. The third-order valence-electron chi connectivity index (χ3n) is 4.73. The molecule has 0 aliphatic carbocycles. The number of rotatable bonds is 5. The van der Waals surface area contributed by atoms with Crippen LogP contribution in [0.3, 0.4) is 0 Å². The van der Waals surface area contributed by atoms with Crippen molar-refractivity contribution >= 4 is 15.9 Å². The Bertz CT molecular complexity index is 905. The molecule has 0 saturated carbocycles.